The molecule has 8 heteroatoms. The summed E-state index contributed by atoms with van der Waals surface area (Å²) in [6, 6.07) is 6.43. The Morgan fingerprint density at radius 2 is 1.83 bits per heavy atom. The Balaban J connectivity index is 1.99. The number of aryl methyl sites for hydroxylation is 3. The Bertz CT molecular complexity index is 805. The van der Waals surface area contributed by atoms with Crippen molar-refractivity contribution >= 4 is 16.0 Å². The van der Waals surface area contributed by atoms with E-state index in [0.717, 1.165) is 9.87 Å². The van der Waals surface area contributed by atoms with E-state index in [2.05, 4.69) is 5.16 Å². The van der Waals surface area contributed by atoms with Crippen molar-refractivity contribution in [3.05, 3.63) is 46.8 Å². The monoisotopic (exact) mass is 352 g/mol. The van der Waals surface area contributed by atoms with Gasteiger partial charge in [-0.3, -0.25) is 4.79 Å². The minimum atomic E-state index is -3.74. The fourth-order valence-electron chi connectivity index (χ4n) is 2.06. The predicted octanol–water partition coefficient (Wildman–Crippen LogP) is 1.96. The molecule has 0 saturated heterocycles. The van der Waals surface area contributed by atoms with Crippen LogP contribution in [0.15, 0.2) is 33.7 Å². The van der Waals surface area contributed by atoms with Crippen molar-refractivity contribution < 1.29 is 22.5 Å². The smallest absolute Gasteiger partial charge is 0.321 e. The molecule has 7 nitrogen and oxygen atoms in total. The molecule has 0 aliphatic carbocycles. The van der Waals surface area contributed by atoms with Gasteiger partial charge in [0, 0.05) is 7.05 Å². The Morgan fingerprint density at radius 3 is 2.38 bits per heavy atom. The highest BCUT2D eigenvalue weighted by atomic mass is 32.2. The number of hydrogen-bond donors (Lipinski definition) is 0. The van der Waals surface area contributed by atoms with E-state index in [9.17, 15) is 13.2 Å². The summed E-state index contributed by atoms with van der Waals surface area (Å²) in [5, 5.41) is 3.77. The fourth-order valence-corrected chi connectivity index (χ4v) is 3.18. The van der Waals surface area contributed by atoms with Crippen LogP contribution in [0.5, 0.6) is 0 Å². The lowest BCUT2D eigenvalue weighted by Gasteiger charge is -2.16. The van der Waals surface area contributed by atoms with Gasteiger partial charge < -0.3 is 9.26 Å². The summed E-state index contributed by atoms with van der Waals surface area (Å²) in [5.74, 6) is -0.0749. The average Bonchev–Trinajstić information content (AvgIpc) is 2.84. The van der Waals surface area contributed by atoms with Crippen LogP contribution in [0.1, 0.15) is 22.6 Å². The first-order valence-electron chi connectivity index (χ1n) is 7.32. The molecule has 2 aromatic rings. The van der Waals surface area contributed by atoms with E-state index in [-0.39, 0.29) is 18.0 Å². The zero-order chi connectivity index (χ0) is 17.9. The first-order chi connectivity index (χ1) is 11.2. The number of ether oxygens (including phenoxy) is 1. The summed E-state index contributed by atoms with van der Waals surface area (Å²) in [6.07, 6.45) is 0. The van der Waals surface area contributed by atoms with Crippen molar-refractivity contribution in [2.24, 2.45) is 0 Å². The van der Waals surface area contributed by atoms with Crippen molar-refractivity contribution in [1.82, 2.24) is 9.46 Å². The Labute approximate surface area is 141 Å². The normalized spacial score (nSPS) is 11.7. The Kier molecular flexibility index (Phi) is 5.40. The van der Waals surface area contributed by atoms with Gasteiger partial charge in [-0.25, -0.2) is 8.42 Å². The first-order valence-corrected chi connectivity index (χ1v) is 8.76. The molecule has 0 N–H and O–H groups in total. The molecule has 0 amide bonds. The van der Waals surface area contributed by atoms with E-state index in [4.69, 9.17) is 9.26 Å². The second-order valence-electron chi connectivity index (χ2n) is 5.54. The predicted molar refractivity (Wildman–Crippen MR) is 86.8 cm³/mol. The lowest BCUT2D eigenvalue weighted by Crippen LogP contribution is -2.33. The molecular formula is C16H20N2O5S. The minimum Gasteiger partial charge on any atom is -0.460 e. The van der Waals surface area contributed by atoms with Gasteiger partial charge in [-0.05, 0) is 32.9 Å². The molecule has 0 spiro atoms. The SMILES string of the molecule is Cc1ccc(S(=O)(=O)N(C)CC(=O)OCc2c(C)noc2C)cc1. The maximum atomic E-state index is 12.4. The third-order valence-electron chi connectivity index (χ3n) is 3.64. The molecule has 0 fully saturated rings. The molecular weight excluding hydrogens is 332 g/mol. The number of carbonyl (C=O) groups is 1. The molecule has 1 aromatic carbocycles. The van der Waals surface area contributed by atoms with Gasteiger partial charge in [0.1, 0.15) is 18.9 Å². The molecule has 1 aromatic heterocycles. The van der Waals surface area contributed by atoms with Crippen LogP contribution < -0.4 is 0 Å². The highest BCUT2D eigenvalue weighted by molar-refractivity contribution is 7.89. The van der Waals surface area contributed by atoms with E-state index < -0.39 is 16.0 Å². The Morgan fingerprint density at radius 1 is 1.21 bits per heavy atom. The van der Waals surface area contributed by atoms with Crippen molar-refractivity contribution in [1.29, 1.82) is 0 Å². The molecule has 0 radical (unpaired) electrons. The molecule has 0 atom stereocenters. The van der Waals surface area contributed by atoms with Crippen LogP contribution in [0.4, 0.5) is 0 Å². The van der Waals surface area contributed by atoms with E-state index in [1.54, 1.807) is 26.0 Å². The summed E-state index contributed by atoms with van der Waals surface area (Å²) >= 11 is 0. The molecule has 0 aliphatic heterocycles. The number of likely N-dealkylation sites (N-methyl/N-ethyl adjacent to an activating group) is 1. The average molecular weight is 352 g/mol. The van der Waals surface area contributed by atoms with Crippen LogP contribution in [0, 0.1) is 20.8 Å². The Hall–Kier alpha value is -2.19. The van der Waals surface area contributed by atoms with Crippen LogP contribution in [-0.2, 0) is 26.2 Å². The van der Waals surface area contributed by atoms with Gasteiger partial charge in [-0.2, -0.15) is 4.31 Å². The van der Waals surface area contributed by atoms with Gasteiger partial charge in [0.25, 0.3) is 0 Å². The molecule has 0 bridgehead atoms. The summed E-state index contributed by atoms with van der Waals surface area (Å²) in [4.78, 5) is 12.1. The number of nitrogens with zero attached hydrogens (tertiary/aromatic N) is 2. The molecule has 24 heavy (non-hydrogen) atoms. The number of rotatable bonds is 6. The number of benzene rings is 1. The quantitative estimate of drug-likeness (QED) is 0.738. The lowest BCUT2D eigenvalue weighted by atomic mass is 10.2. The molecule has 0 saturated carbocycles. The van der Waals surface area contributed by atoms with Gasteiger partial charge in [0.15, 0.2) is 0 Å². The number of esters is 1. The van der Waals surface area contributed by atoms with Crippen molar-refractivity contribution in [2.75, 3.05) is 13.6 Å². The second kappa shape index (κ2) is 7.14. The standard InChI is InChI=1S/C16H20N2O5S/c1-11-5-7-14(8-6-11)24(20,21)18(4)9-16(19)22-10-15-12(2)17-23-13(15)3/h5-8H,9-10H2,1-4H3. The van der Waals surface area contributed by atoms with Gasteiger partial charge in [-0.1, -0.05) is 22.9 Å². The van der Waals surface area contributed by atoms with Crippen LogP contribution in [0.3, 0.4) is 0 Å². The van der Waals surface area contributed by atoms with Crippen LogP contribution in [0.25, 0.3) is 0 Å². The molecule has 0 aliphatic rings. The highest BCUT2D eigenvalue weighted by Gasteiger charge is 2.23. The fraction of sp³-hybridized carbons (Fsp3) is 0.375. The van der Waals surface area contributed by atoms with E-state index in [1.807, 2.05) is 6.92 Å². The van der Waals surface area contributed by atoms with Crippen LogP contribution in [-0.4, -0.2) is 37.4 Å². The van der Waals surface area contributed by atoms with Gasteiger partial charge >= 0.3 is 5.97 Å². The topological polar surface area (TPSA) is 89.7 Å². The van der Waals surface area contributed by atoms with Gasteiger partial charge in [-0.15, -0.1) is 0 Å². The number of hydrogen-bond acceptors (Lipinski definition) is 6. The minimum absolute atomic E-state index is 0.00157. The van der Waals surface area contributed by atoms with Crippen molar-refractivity contribution in [2.45, 2.75) is 32.3 Å². The summed E-state index contributed by atoms with van der Waals surface area (Å²) in [5.41, 5.74) is 2.28. The van der Waals surface area contributed by atoms with E-state index in [1.165, 1.54) is 19.2 Å². The second-order valence-corrected chi connectivity index (χ2v) is 7.58. The van der Waals surface area contributed by atoms with E-state index >= 15 is 0 Å². The largest absolute Gasteiger partial charge is 0.460 e. The molecule has 2 rings (SSSR count). The van der Waals surface area contributed by atoms with Gasteiger partial charge in [0.05, 0.1) is 16.2 Å². The third kappa shape index (κ3) is 4.01. The third-order valence-corrected chi connectivity index (χ3v) is 5.46. The number of carbonyl (C=O) groups excluding carboxylic acids is 1. The molecule has 1 heterocycles. The van der Waals surface area contributed by atoms with Crippen molar-refractivity contribution in [3.63, 3.8) is 0 Å². The maximum absolute atomic E-state index is 12.4. The van der Waals surface area contributed by atoms with Crippen LogP contribution >= 0.6 is 0 Å². The highest BCUT2D eigenvalue weighted by Crippen LogP contribution is 2.16. The lowest BCUT2D eigenvalue weighted by molar-refractivity contribution is -0.144. The maximum Gasteiger partial charge on any atom is 0.321 e. The number of sulfonamides is 1. The number of aromatic nitrogens is 1. The summed E-state index contributed by atoms with van der Waals surface area (Å²) in [7, 11) is -2.40. The summed E-state index contributed by atoms with van der Waals surface area (Å²) in [6.45, 7) is 4.95. The molecule has 130 valence electrons. The van der Waals surface area contributed by atoms with Crippen molar-refractivity contribution in [3.8, 4) is 0 Å². The first kappa shape index (κ1) is 18.2. The van der Waals surface area contributed by atoms with Crippen LogP contribution in [0.2, 0.25) is 0 Å². The van der Waals surface area contributed by atoms with E-state index in [0.29, 0.717) is 17.0 Å². The molecule has 0 unspecified atom stereocenters. The zero-order valence-electron chi connectivity index (χ0n) is 14.1. The summed E-state index contributed by atoms with van der Waals surface area (Å²) < 4.78 is 35.9. The zero-order valence-corrected chi connectivity index (χ0v) is 14.9. The van der Waals surface area contributed by atoms with Gasteiger partial charge in [0.2, 0.25) is 10.0 Å².